The van der Waals surface area contributed by atoms with Crippen LogP contribution in [0.15, 0.2) is 70.0 Å². The lowest BCUT2D eigenvalue weighted by molar-refractivity contribution is 0.463. The van der Waals surface area contributed by atoms with Gasteiger partial charge in [-0.2, -0.15) is 0 Å². The molecule has 2 aliphatic rings. The van der Waals surface area contributed by atoms with Crippen LogP contribution in [0, 0.1) is 0 Å². The topological polar surface area (TPSA) is 76.6 Å². The first-order chi connectivity index (χ1) is 16.3. The van der Waals surface area contributed by atoms with E-state index >= 15 is 0 Å². The first-order valence-corrected chi connectivity index (χ1v) is 13.1. The highest BCUT2D eigenvalue weighted by atomic mass is 32.2. The van der Waals surface area contributed by atoms with Crippen molar-refractivity contribution in [1.29, 1.82) is 0 Å². The molecule has 4 rings (SSSR count). The molecule has 0 bridgehead atoms. The first-order valence-electron chi connectivity index (χ1n) is 11.7. The van der Waals surface area contributed by atoms with Crippen molar-refractivity contribution in [1.82, 2.24) is 4.58 Å². The zero-order chi connectivity index (χ0) is 24.5. The summed E-state index contributed by atoms with van der Waals surface area (Å²) >= 11 is 0. The molecule has 0 atom stereocenters. The number of hydrogen-bond acceptors (Lipinski definition) is 5. The Balaban J connectivity index is 2.16. The number of benzene rings is 3. The van der Waals surface area contributed by atoms with Crippen LogP contribution in [0.4, 0.5) is 5.69 Å². The summed E-state index contributed by atoms with van der Waals surface area (Å²) < 4.78 is 45.1. The molecule has 1 aliphatic heterocycles. The molecule has 0 amide bonds. The standard InChI is InChI=1S/C27H30N2O4S/c1-5-28(6-2)19-13-15-21-24(17-19)33-25-18-20(29(7-3)8-4)14-16-22(25)27(21)23-11-9-10-12-26(23)34(30,31)32/h9-18H,5-8H2,1-4H3. The summed E-state index contributed by atoms with van der Waals surface area (Å²) in [6.07, 6.45) is 0. The van der Waals surface area contributed by atoms with Gasteiger partial charge in [0.05, 0.1) is 11.0 Å². The van der Waals surface area contributed by atoms with Gasteiger partial charge in [0.1, 0.15) is 34.6 Å². The van der Waals surface area contributed by atoms with Crippen LogP contribution in [0.1, 0.15) is 27.7 Å². The number of fused-ring (bicyclic) bond motifs is 2. The van der Waals surface area contributed by atoms with E-state index in [9.17, 15) is 13.0 Å². The van der Waals surface area contributed by atoms with Gasteiger partial charge < -0.3 is 13.9 Å². The normalized spacial score (nSPS) is 11.8. The largest absolute Gasteiger partial charge is 0.744 e. The van der Waals surface area contributed by atoms with Crippen molar-refractivity contribution in [3.05, 3.63) is 66.0 Å². The van der Waals surface area contributed by atoms with Gasteiger partial charge in [0.2, 0.25) is 5.36 Å². The van der Waals surface area contributed by atoms with Gasteiger partial charge in [-0.3, -0.25) is 0 Å². The van der Waals surface area contributed by atoms with Crippen LogP contribution in [-0.2, 0) is 10.1 Å². The fraction of sp³-hybridized carbons (Fsp3) is 0.296. The zero-order valence-corrected chi connectivity index (χ0v) is 20.9. The van der Waals surface area contributed by atoms with Gasteiger partial charge in [0.25, 0.3) is 0 Å². The van der Waals surface area contributed by atoms with Crippen LogP contribution in [-0.4, -0.2) is 39.1 Å². The minimum atomic E-state index is -4.68. The first kappa shape index (κ1) is 24.0. The third-order valence-corrected chi connectivity index (χ3v) is 7.27. The van der Waals surface area contributed by atoms with Crippen molar-refractivity contribution < 1.29 is 17.4 Å². The number of nitrogens with zero attached hydrogens (tertiary/aromatic N) is 2. The van der Waals surface area contributed by atoms with E-state index in [-0.39, 0.29) is 4.90 Å². The minimum absolute atomic E-state index is 0.232. The molecule has 7 heteroatoms. The molecule has 2 aromatic rings. The van der Waals surface area contributed by atoms with Gasteiger partial charge in [-0.25, -0.2) is 13.0 Å². The van der Waals surface area contributed by atoms with Crippen LogP contribution in [0.5, 0.6) is 0 Å². The summed E-state index contributed by atoms with van der Waals surface area (Å²) in [6.45, 7) is 11.8. The van der Waals surface area contributed by atoms with Crippen LogP contribution in [0.25, 0.3) is 33.4 Å². The summed E-state index contributed by atoms with van der Waals surface area (Å²) in [7, 11) is -4.68. The van der Waals surface area contributed by atoms with E-state index in [1.54, 1.807) is 18.2 Å². The number of anilines is 1. The predicted octanol–water partition coefficient (Wildman–Crippen LogP) is 4.77. The molecule has 6 nitrogen and oxygen atoms in total. The SMILES string of the molecule is CCN(CC)c1ccc2c(-c3ccccc3S(=O)(=O)[O-])c3ccc(=[N+](CC)CC)cc-3oc2c1. The van der Waals surface area contributed by atoms with E-state index in [1.807, 2.05) is 36.4 Å². The van der Waals surface area contributed by atoms with Crippen molar-refractivity contribution in [3.8, 4) is 22.5 Å². The third-order valence-electron chi connectivity index (χ3n) is 6.37. The highest BCUT2D eigenvalue weighted by Crippen LogP contribution is 2.42. The Bertz CT molecular complexity index is 1480. The van der Waals surface area contributed by atoms with Gasteiger partial charge in [-0.05, 0) is 52.0 Å². The number of rotatable bonds is 7. The maximum Gasteiger partial charge on any atom is 0.203 e. The Kier molecular flexibility index (Phi) is 6.77. The van der Waals surface area contributed by atoms with Crippen LogP contribution >= 0.6 is 0 Å². The molecular weight excluding hydrogens is 448 g/mol. The molecule has 34 heavy (non-hydrogen) atoms. The van der Waals surface area contributed by atoms with Gasteiger partial charge in [-0.15, -0.1) is 0 Å². The van der Waals surface area contributed by atoms with E-state index in [1.165, 1.54) is 6.07 Å². The Morgan fingerprint density at radius 2 is 1.59 bits per heavy atom. The van der Waals surface area contributed by atoms with Crippen LogP contribution in [0.2, 0.25) is 0 Å². The third kappa shape index (κ3) is 4.33. The maximum absolute atomic E-state index is 12.1. The Hall–Kier alpha value is -3.16. The molecule has 1 heterocycles. The summed E-state index contributed by atoms with van der Waals surface area (Å²) in [6, 6.07) is 18.3. The van der Waals surface area contributed by atoms with Crippen LogP contribution in [0.3, 0.4) is 0 Å². The van der Waals surface area contributed by atoms with Crippen molar-refractivity contribution in [2.45, 2.75) is 32.6 Å². The van der Waals surface area contributed by atoms with E-state index < -0.39 is 10.1 Å². The summed E-state index contributed by atoms with van der Waals surface area (Å²) in [5.74, 6) is 0.640. The molecule has 0 fully saturated rings. The fourth-order valence-electron chi connectivity index (χ4n) is 4.62. The number of hydrogen-bond donors (Lipinski definition) is 0. The second kappa shape index (κ2) is 9.60. The molecule has 0 saturated heterocycles. The average Bonchev–Trinajstić information content (AvgIpc) is 2.83. The molecule has 1 aliphatic carbocycles. The molecule has 2 aromatic carbocycles. The van der Waals surface area contributed by atoms with Crippen molar-refractivity contribution >= 4 is 26.8 Å². The Morgan fingerprint density at radius 1 is 0.882 bits per heavy atom. The average molecular weight is 479 g/mol. The minimum Gasteiger partial charge on any atom is -0.744 e. The quantitative estimate of drug-likeness (QED) is 0.217. The monoisotopic (exact) mass is 478 g/mol. The van der Waals surface area contributed by atoms with E-state index in [4.69, 9.17) is 4.42 Å². The Morgan fingerprint density at radius 3 is 2.24 bits per heavy atom. The second-order valence-electron chi connectivity index (χ2n) is 8.13. The van der Waals surface area contributed by atoms with Crippen molar-refractivity contribution in [2.75, 3.05) is 31.1 Å². The molecule has 0 aromatic heterocycles. The van der Waals surface area contributed by atoms with Gasteiger partial charge in [-0.1, -0.05) is 18.2 Å². The summed E-state index contributed by atoms with van der Waals surface area (Å²) in [5, 5.41) is 1.78. The lowest BCUT2D eigenvalue weighted by Gasteiger charge is -2.23. The van der Waals surface area contributed by atoms with Crippen LogP contribution < -0.4 is 14.8 Å². The molecule has 0 unspecified atom stereocenters. The van der Waals surface area contributed by atoms with Crippen molar-refractivity contribution in [2.24, 2.45) is 0 Å². The van der Waals surface area contributed by atoms with E-state index in [0.717, 1.165) is 48.2 Å². The fourth-order valence-corrected chi connectivity index (χ4v) is 5.30. The van der Waals surface area contributed by atoms with Gasteiger partial charge >= 0.3 is 0 Å². The maximum atomic E-state index is 12.1. The van der Waals surface area contributed by atoms with Crippen molar-refractivity contribution in [3.63, 3.8) is 0 Å². The molecule has 0 spiro atoms. The molecule has 0 N–H and O–H groups in total. The predicted molar refractivity (Wildman–Crippen MR) is 136 cm³/mol. The van der Waals surface area contributed by atoms with Gasteiger partial charge in [0.15, 0.2) is 0 Å². The zero-order valence-electron chi connectivity index (χ0n) is 20.0. The van der Waals surface area contributed by atoms with Gasteiger partial charge in [0, 0.05) is 53.0 Å². The summed E-state index contributed by atoms with van der Waals surface area (Å²) in [5.41, 5.74) is 3.49. The highest BCUT2D eigenvalue weighted by molar-refractivity contribution is 7.85. The molecule has 0 saturated carbocycles. The summed E-state index contributed by atoms with van der Waals surface area (Å²) in [4.78, 5) is 1.99. The Labute approximate surface area is 200 Å². The smallest absolute Gasteiger partial charge is 0.203 e. The lowest BCUT2D eigenvalue weighted by Crippen LogP contribution is -2.29. The van der Waals surface area contributed by atoms with E-state index in [2.05, 4.69) is 37.2 Å². The molecular formula is C27H30N2O4S. The highest BCUT2D eigenvalue weighted by Gasteiger charge is 2.22. The lowest BCUT2D eigenvalue weighted by atomic mass is 9.93. The molecule has 178 valence electrons. The molecule has 0 radical (unpaired) electrons. The second-order valence-corrected chi connectivity index (χ2v) is 9.48. The van der Waals surface area contributed by atoms with E-state index in [0.29, 0.717) is 22.5 Å².